The summed E-state index contributed by atoms with van der Waals surface area (Å²) in [5, 5.41) is 21.3. The fourth-order valence-electron chi connectivity index (χ4n) is 4.33. The predicted octanol–water partition coefficient (Wildman–Crippen LogP) is 3.85. The summed E-state index contributed by atoms with van der Waals surface area (Å²) in [6, 6.07) is 1.83. The lowest BCUT2D eigenvalue weighted by atomic mass is 9.67. The first-order chi connectivity index (χ1) is 16.3. The van der Waals surface area contributed by atoms with Crippen LogP contribution in [0.2, 0.25) is 0 Å². The van der Waals surface area contributed by atoms with Crippen LogP contribution in [0.1, 0.15) is 30.7 Å². The molecule has 0 bridgehead atoms. The third-order valence-electron chi connectivity index (χ3n) is 6.34. The minimum absolute atomic E-state index is 0.0195. The second-order valence-electron chi connectivity index (χ2n) is 8.32. The number of nitrogens with one attached hydrogen (secondary N) is 3. The number of halogens is 3. The third-order valence-corrected chi connectivity index (χ3v) is 6.34. The Morgan fingerprint density at radius 3 is 2.68 bits per heavy atom. The number of hydrogen-bond donors (Lipinski definition) is 3. The first-order valence-electron chi connectivity index (χ1n) is 10.7. The molecule has 4 aromatic rings. The first kappa shape index (κ1) is 21.9. The summed E-state index contributed by atoms with van der Waals surface area (Å²) >= 11 is 0. The molecular weight excluding hydrogens is 447 g/mol. The van der Waals surface area contributed by atoms with Crippen LogP contribution in [0.15, 0.2) is 42.8 Å². The predicted molar refractivity (Wildman–Crippen MR) is 121 cm³/mol. The second kappa shape index (κ2) is 7.82. The number of fused-ring (bicyclic) bond motifs is 3. The highest BCUT2D eigenvalue weighted by Gasteiger charge is 2.62. The summed E-state index contributed by atoms with van der Waals surface area (Å²) < 4.78 is 45.0. The zero-order valence-electron chi connectivity index (χ0n) is 18.5. The number of hydrogen-bond acceptors (Lipinski definition) is 7. The van der Waals surface area contributed by atoms with E-state index in [2.05, 4.69) is 30.8 Å². The summed E-state index contributed by atoms with van der Waals surface area (Å²) in [4.78, 5) is 8.89. The average molecular weight is 469 g/mol. The molecule has 34 heavy (non-hydrogen) atoms. The van der Waals surface area contributed by atoms with E-state index in [0.29, 0.717) is 35.0 Å². The van der Waals surface area contributed by atoms with Crippen molar-refractivity contribution in [2.24, 2.45) is 0 Å². The highest BCUT2D eigenvalue weighted by atomic mass is 19.4. The molecule has 0 unspecified atom stereocenters. The van der Waals surface area contributed by atoms with Gasteiger partial charge < -0.3 is 20.4 Å². The van der Waals surface area contributed by atoms with Crippen LogP contribution in [0, 0.1) is 12.3 Å². The van der Waals surface area contributed by atoms with Gasteiger partial charge in [0.05, 0.1) is 11.2 Å². The molecule has 0 atom stereocenters. The molecule has 0 spiro atoms. The minimum Gasteiger partial charge on any atom is -0.375 e. The SMILES string of the molecule is CN/C(=C\C=N)Nc1ncc(C)c(-c2cc3c4nnc(C5(C(F)(F)F)CCC5)n4ccn3c2)n1. The molecule has 4 heterocycles. The quantitative estimate of drug-likeness (QED) is 0.370. The van der Waals surface area contributed by atoms with Crippen LogP contribution < -0.4 is 10.6 Å². The second-order valence-corrected chi connectivity index (χ2v) is 8.32. The van der Waals surface area contributed by atoms with Gasteiger partial charge in [-0.1, -0.05) is 6.42 Å². The van der Waals surface area contributed by atoms with E-state index in [1.165, 1.54) is 10.5 Å². The highest BCUT2D eigenvalue weighted by molar-refractivity contribution is 5.79. The number of aromatic nitrogens is 6. The molecule has 1 aliphatic rings. The van der Waals surface area contributed by atoms with Gasteiger partial charge in [0.2, 0.25) is 5.95 Å². The van der Waals surface area contributed by atoms with Gasteiger partial charge in [-0.2, -0.15) is 13.2 Å². The lowest BCUT2D eigenvalue weighted by Crippen LogP contribution is -2.49. The fourth-order valence-corrected chi connectivity index (χ4v) is 4.33. The van der Waals surface area contributed by atoms with Crippen molar-refractivity contribution in [3.8, 4) is 11.3 Å². The number of nitrogens with zero attached hydrogens (tertiary/aromatic N) is 6. The minimum atomic E-state index is -4.38. The summed E-state index contributed by atoms with van der Waals surface area (Å²) in [7, 11) is 1.71. The van der Waals surface area contributed by atoms with Crippen molar-refractivity contribution in [2.75, 3.05) is 12.4 Å². The van der Waals surface area contributed by atoms with Gasteiger partial charge in [0, 0.05) is 43.6 Å². The molecule has 0 aromatic carbocycles. The third kappa shape index (κ3) is 3.28. The van der Waals surface area contributed by atoms with Crippen molar-refractivity contribution in [1.82, 2.24) is 34.3 Å². The van der Waals surface area contributed by atoms with E-state index >= 15 is 0 Å². The Hall–Kier alpha value is -3.96. The zero-order chi connectivity index (χ0) is 24.1. The number of aryl methyl sites for hydroxylation is 1. The van der Waals surface area contributed by atoms with Crippen LogP contribution in [0.5, 0.6) is 0 Å². The molecule has 176 valence electrons. The van der Waals surface area contributed by atoms with E-state index < -0.39 is 11.6 Å². The highest BCUT2D eigenvalue weighted by Crippen LogP contribution is 2.54. The summed E-state index contributed by atoms with van der Waals surface area (Å²) in [6.45, 7) is 1.88. The molecule has 1 aliphatic carbocycles. The van der Waals surface area contributed by atoms with Gasteiger partial charge >= 0.3 is 6.18 Å². The Balaban J connectivity index is 1.59. The van der Waals surface area contributed by atoms with Crippen molar-refractivity contribution < 1.29 is 13.2 Å². The van der Waals surface area contributed by atoms with E-state index in [-0.39, 0.29) is 18.7 Å². The molecule has 4 aromatic heterocycles. The molecule has 0 amide bonds. The van der Waals surface area contributed by atoms with Gasteiger partial charge in [-0.25, -0.2) is 9.97 Å². The van der Waals surface area contributed by atoms with Crippen LogP contribution in [0.25, 0.3) is 22.4 Å². The van der Waals surface area contributed by atoms with Crippen LogP contribution in [-0.4, -0.2) is 48.4 Å². The Kier molecular flexibility index (Phi) is 5.03. The van der Waals surface area contributed by atoms with Crippen molar-refractivity contribution in [3.63, 3.8) is 0 Å². The molecule has 0 saturated heterocycles. The van der Waals surface area contributed by atoms with E-state index in [9.17, 15) is 13.2 Å². The number of alkyl halides is 3. The molecule has 0 aliphatic heterocycles. The maximum Gasteiger partial charge on any atom is 0.401 e. The molecule has 9 nitrogen and oxygen atoms in total. The molecule has 1 fully saturated rings. The normalized spacial score (nSPS) is 16.0. The molecule has 12 heteroatoms. The van der Waals surface area contributed by atoms with Crippen LogP contribution in [0.3, 0.4) is 0 Å². The van der Waals surface area contributed by atoms with Gasteiger partial charge in [-0.3, -0.25) is 4.40 Å². The topological polar surface area (TPSA) is 108 Å². The Morgan fingerprint density at radius 1 is 1.24 bits per heavy atom. The van der Waals surface area contributed by atoms with Gasteiger partial charge in [0.15, 0.2) is 11.5 Å². The van der Waals surface area contributed by atoms with Crippen molar-refractivity contribution >= 4 is 23.3 Å². The monoisotopic (exact) mass is 469 g/mol. The lowest BCUT2D eigenvalue weighted by molar-refractivity contribution is -0.215. The van der Waals surface area contributed by atoms with E-state index in [1.54, 1.807) is 30.0 Å². The maximum absolute atomic E-state index is 13.9. The Morgan fingerprint density at radius 2 is 2.03 bits per heavy atom. The smallest absolute Gasteiger partial charge is 0.375 e. The molecular formula is C22H22F3N9. The molecule has 5 rings (SSSR count). The van der Waals surface area contributed by atoms with E-state index in [0.717, 1.165) is 17.3 Å². The van der Waals surface area contributed by atoms with Crippen LogP contribution in [-0.2, 0) is 5.41 Å². The first-order valence-corrected chi connectivity index (χ1v) is 10.7. The molecule has 1 saturated carbocycles. The van der Waals surface area contributed by atoms with Gasteiger partial charge in [-0.05, 0) is 37.5 Å². The van der Waals surface area contributed by atoms with Crippen LogP contribution >= 0.6 is 0 Å². The van der Waals surface area contributed by atoms with Gasteiger partial charge in [0.1, 0.15) is 11.2 Å². The number of rotatable bonds is 6. The Bertz CT molecular complexity index is 1430. The van der Waals surface area contributed by atoms with E-state index in [1.807, 2.05) is 19.2 Å². The molecule has 3 N–H and O–H groups in total. The van der Waals surface area contributed by atoms with Gasteiger partial charge in [-0.15, -0.1) is 10.2 Å². The fraction of sp³-hybridized carbons (Fsp3) is 0.318. The largest absolute Gasteiger partial charge is 0.401 e. The summed E-state index contributed by atoms with van der Waals surface area (Å²) in [5.41, 5.74) is 1.29. The lowest BCUT2D eigenvalue weighted by Gasteiger charge is -2.41. The van der Waals surface area contributed by atoms with Crippen molar-refractivity contribution in [3.05, 3.63) is 54.1 Å². The van der Waals surface area contributed by atoms with Crippen molar-refractivity contribution in [1.29, 1.82) is 5.41 Å². The van der Waals surface area contributed by atoms with Gasteiger partial charge in [0.25, 0.3) is 0 Å². The van der Waals surface area contributed by atoms with E-state index in [4.69, 9.17) is 5.41 Å². The number of allylic oxidation sites excluding steroid dienone is 1. The standard InChI is InChI=1S/C22H22F3N9/c1-13-11-28-20(29-16(27-2)4-7-26)30-17(13)14-10-15-18-31-32-19(34(18)9-8-33(15)12-14)21(5-3-6-21)22(23,24)25/h4,7-12,26-27H,3,5-6H2,1-2H3,(H,28,29,30)/b16-4+,26-7?. The maximum atomic E-state index is 13.9. The summed E-state index contributed by atoms with van der Waals surface area (Å²) in [6.07, 6.45) is 5.64. The Labute approximate surface area is 192 Å². The zero-order valence-corrected chi connectivity index (χ0v) is 18.5. The van der Waals surface area contributed by atoms with Crippen LogP contribution in [0.4, 0.5) is 19.1 Å². The average Bonchev–Trinajstić information content (AvgIpc) is 3.37. The van der Waals surface area contributed by atoms with Crippen molar-refractivity contribution in [2.45, 2.75) is 37.8 Å². The molecule has 0 radical (unpaired) electrons. The number of anilines is 1. The summed E-state index contributed by atoms with van der Waals surface area (Å²) in [5.74, 6) is 0.832.